The van der Waals surface area contributed by atoms with Crippen LogP contribution in [0.2, 0.25) is 0 Å². The summed E-state index contributed by atoms with van der Waals surface area (Å²) in [5, 5.41) is 0. The molecular weight excluding hydrogens is 271 g/mol. The third-order valence-corrected chi connectivity index (χ3v) is 2.40. The van der Waals surface area contributed by atoms with Crippen molar-refractivity contribution < 1.29 is 22.6 Å². The number of hydrogen-bond acceptors (Lipinski definition) is 3. The Labute approximate surface area is 115 Å². The van der Waals surface area contributed by atoms with Crippen molar-refractivity contribution in [3.05, 3.63) is 29.3 Å². The Hall–Kier alpha value is -1.71. The van der Waals surface area contributed by atoms with Gasteiger partial charge in [0.05, 0.1) is 33.3 Å². The van der Waals surface area contributed by atoms with Crippen molar-refractivity contribution in [1.29, 1.82) is 0 Å². The van der Waals surface area contributed by atoms with Crippen molar-refractivity contribution in [3.8, 4) is 17.6 Å². The van der Waals surface area contributed by atoms with Crippen LogP contribution in [0, 0.1) is 11.8 Å². The fraction of sp³-hybridized carbons (Fsp3) is 0.429. The zero-order valence-electron chi connectivity index (χ0n) is 11.1. The molecule has 0 atom stereocenters. The fourth-order valence-corrected chi connectivity index (χ4v) is 1.49. The van der Waals surface area contributed by atoms with Crippen molar-refractivity contribution in [2.45, 2.75) is 19.2 Å². The first-order valence-corrected chi connectivity index (χ1v) is 5.96. The van der Waals surface area contributed by atoms with E-state index in [2.05, 4.69) is 11.8 Å². The first-order chi connectivity index (χ1) is 9.46. The number of benzene rings is 1. The first kappa shape index (κ1) is 16.3. The number of nitrogens with two attached hydrogens (primary N) is 1. The maximum Gasteiger partial charge on any atom is 0.391 e. The molecule has 0 bridgehead atoms. The van der Waals surface area contributed by atoms with E-state index in [1.54, 1.807) is 18.2 Å². The zero-order valence-corrected chi connectivity index (χ0v) is 11.1. The molecule has 0 saturated carbocycles. The van der Waals surface area contributed by atoms with Crippen LogP contribution in [0.25, 0.3) is 0 Å². The van der Waals surface area contributed by atoms with Gasteiger partial charge in [0, 0.05) is 11.1 Å². The highest BCUT2D eigenvalue weighted by Gasteiger charge is 2.26. The third kappa shape index (κ3) is 5.95. The van der Waals surface area contributed by atoms with E-state index in [1.807, 2.05) is 0 Å². The molecule has 0 aromatic heterocycles. The van der Waals surface area contributed by atoms with E-state index in [1.165, 1.54) is 7.11 Å². The van der Waals surface area contributed by atoms with Crippen LogP contribution >= 0.6 is 0 Å². The minimum absolute atomic E-state index is 0.0391. The van der Waals surface area contributed by atoms with E-state index in [0.29, 0.717) is 16.9 Å². The molecule has 0 aliphatic rings. The van der Waals surface area contributed by atoms with Crippen LogP contribution in [0.4, 0.5) is 13.2 Å². The van der Waals surface area contributed by atoms with Gasteiger partial charge in [-0.15, -0.1) is 0 Å². The van der Waals surface area contributed by atoms with Crippen LogP contribution in [0.3, 0.4) is 0 Å². The van der Waals surface area contributed by atoms with Crippen molar-refractivity contribution in [1.82, 2.24) is 0 Å². The average molecular weight is 287 g/mol. The summed E-state index contributed by atoms with van der Waals surface area (Å²) < 4.78 is 46.1. The van der Waals surface area contributed by atoms with E-state index in [9.17, 15) is 13.2 Å². The summed E-state index contributed by atoms with van der Waals surface area (Å²) in [6.45, 7) is -0.105. The monoisotopic (exact) mass is 287 g/mol. The second-order valence-corrected chi connectivity index (χ2v) is 3.95. The Morgan fingerprint density at radius 2 is 2.05 bits per heavy atom. The van der Waals surface area contributed by atoms with Gasteiger partial charge in [-0.1, -0.05) is 11.8 Å². The summed E-state index contributed by atoms with van der Waals surface area (Å²) in [6, 6.07) is 5.17. The normalized spacial score (nSPS) is 10.8. The lowest BCUT2D eigenvalue weighted by Gasteiger charge is -2.11. The number of methoxy groups -OCH3 is 1. The average Bonchev–Trinajstić information content (AvgIpc) is 2.40. The lowest BCUT2D eigenvalue weighted by atomic mass is 10.1. The Bertz CT molecular complexity index is 489. The summed E-state index contributed by atoms with van der Waals surface area (Å²) in [7, 11) is 1.49. The minimum atomic E-state index is -4.21. The van der Waals surface area contributed by atoms with Gasteiger partial charge in [-0.05, 0) is 18.2 Å². The molecule has 3 nitrogen and oxygen atoms in total. The highest BCUT2D eigenvalue weighted by atomic mass is 19.4. The molecule has 0 aliphatic heterocycles. The molecule has 0 amide bonds. The molecule has 0 radical (unpaired) electrons. The summed E-state index contributed by atoms with van der Waals surface area (Å²) in [5.74, 6) is 6.10. The third-order valence-electron chi connectivity index (χ3n) is 2.40. The van der Waals surface area contributed by atoms with E-state index in [-0.39, 0.29) is 19.8 Å². The standard InChI is InChI=1S/C14H16F3NO2/c1-19-13-5-4-11(3-2-7-18)9-12(13)10-20-8-6-14(15,16)17/h4-5,9H,6-8,10,18H2,1H3. The summed E-state index contributed by atoms with van der Waals surface area (Å²) in [5.41, 5.74) is 6.64. The molecular formula is C14H16F3NO2. The van der Waals surface area contributed by atoms with Crippen LogP contribution in [0.15, 0.2) is 18.2 Å². The molecule has 0 spiro atoms. The molecule has 0 unspecified atom stereocenters. The Balaban J connectivity index is 2.66. The van der Waals surface area contributed by atoms with Gasteiger partial charge in [0.15, 0.2) is 0 Å². The molecule has 20 heavy (non-hydrogen) atoms. The van der Waals surface area contributed by atoms with Gasteiger partial charge in [0.25, 0.3) is 0 Å². The molecule has 0 fully saturated rings. The van der Waals surface area contributed by atoms with Crippen molar-refractivity contribution in [2.24, 2.45) is 5.73 Å². The van der Waals surface area contributed by atoms with Crippen LogP contribution < -0.4 is 10.5 Å². The molecule has 2 N–H and O–H groups in total. The molecule has 0 saturated heterocycles. The number of hydrogen-bond donors (Lipinski definition) is 1. The SMILES string of the molecule is COc1ccc(C#CCN)cc1COCCC(F)(F)F. The van der Waals surface area contributed by atoms with Crippen molar-refractivity contribution in [2.75, 3.05) is 20.3 Å². The van der Waals surface area contributed by atoms with Gasteiger partial charge < -0.3 is 15.2 Å². The molecule has 0 heterocycles. The Kier molecular flexibility index (Phi) is 6.36. The van der Waals surface area contributed by atoms with E-state index in [4.69, 9.17) is 15.2 Å². The minimum Gasteiger partial charge on any atom is -0.496 e. The van der Waals surface area contributed by atoms with E-state index in [0.717, 1.165) is 0 Å². The van der Waals surface area contributed by atoms with Crippen LogP contribution in [0.1, 0.15) is 17.5 Å². The second kappa shape index (κ2) is 7.78. The van der Waals surface area contributed by atoms with Crippen molar-refractivity contribution in [3.63, 3.8) is 0 Å². The topological polar surface area (TPSA) is 44.5 Å². The van der Waals surface area contributed by atoms with Gasteiger partial charge >= 0.3 is 6.18 Å². The molecule has 110 valence electrons. The summed E-state index contributed by atoms with van der Waals surface area (Å²) in [6.07, 6.45) is -5.18. The van der Waals surface area contributed by atoms with Crippen LogP contribution in [-0.4, -0.2) is 26.4 Å². The number of alkyl halides is 3. The zero-order chi connectivity index (χ0) is 15.0. The van der Waals surface area contributed by atoms with Gasteiger partial charge in [0.2, 0.25) is 0 Å². The van der Waals surface area contributed by atoms with Crippen LogP contribution in [0.5, 0.6) is 5.75 Å². The highest BCUT2D eigenvalue weighted by Crippen LogP contribution is 2.22. The molecule has 1 aromatic carbocycles. The lowest BCUT2D eigenvalue weighted by molar-refractivity contribution is -0.146. The summed E-state index contributed by atoms with van der Waals surface area (Å²) in [4.78, 5) is 0. The number of rotatable bonds is 5. The predicted molar refractivity (Wildman–Crippen MR) is 69.3 cm³/mol. The molecule has 1 rings (SSSR count). The smallest absolute Gasteiger partial charge is 0.391 e. The first-order valence-electron chi connectivity index (χ1n) is 5.96. The maximum atomic E-state index is 12.0. The van der Waals surface area contributed by atoms with Gasteiger partial charge in [-0.2, -0.15) is 13.2 Å². The summed E-state index contributed by atoms with van der Waals surface area (Å²) >= 11 is 0. The molecule has 1 aromatic rings. The van der Waals surface area contributed by atoms with E-state index < -0.39 is 12.6 Å². The fourth-order valence-electron chi connectivity index (χ4n) is 1.49. The maximum absolute atomic E-state index is 12.0. The van der Waals surface area contributed by atoms with Gasteiger partial charge in [-0.25, -0.2) is 0 Å². The highest BCUT2D eigenvalue weighted by molar-refractivity contribution is 5.44. The van der Waals surface area contributed by atoms with Crippen LogP contribution in [-0.2, 0) is 11.3 Å². The molecule has 6 heteroatoms. The van der Waals surface area contributed by atoms with E-state index >= 15 is 0 Å². The number of halogens is 3. The molecule has 0 aliphatic carbocycles. The van der Waals surface area contributed by atoms with Crippen molar-refractivity contribution >= 4 is 0 Å². The Morgan fingerprint density at radius 1 is 1.30 bits per heavy atom. The lowest BCUT2D eigenvalue weighted by Crippen LogP contribution is -2.11. The number of ether oxygens (including phenoxy) is 2. The Morgan fingerprint density at radius 3 is 2.65 bits per heavy atom. The predicted octanol–water partition coefficient (Wildman–Crippen LogP) is 2.47. The quantitative estimate of drug-likeness (QED) is 0.668. The van der Waals surface area contributed by atoms with Gasteiger partial charge in [-0.3, -0.25) is 0 Å². The van der Waals surface area contributed by atoms with Gasteiger partial charge in [0.1, 0.15) is 5.75 Å². The second-order valence-electron chi connectivity index (χ2n) is 3.95. The largest absolute Gasteiger partial charge is 0.496 e.